The number of rotatable bonds is 4. The molecule has 1 aromatic heterocycles. The number of hydrogen-bond donors (Lipinski definition) is 7. The lowest BCUT2D eigenvalue weighted by Crippen LogP contribution is -2.66. The van der Waals surface area contributed by atoms with Crippen molar-refractivity contribution in [3.05, 3.63) is 35.5 Å². The third kappa shape index (κ3) is 3.87. The molecule has 0 saturated carbocycles. The fourth-order valence-corrected chi connectivity index (χ4v) is 4.45. The van der Waals surface area contributed by atoms with Gasteiger partial charge in [-0.15, -0.1) is 0 Å². The fraction of sp³-hybridized carbons (Fsp3) is 0.524. The third-order valence-corrected chi connectivity index (χ3v) is 6.19. The molecule has 1 unspecified atom stereocenters. The van der Waals surface area contributed by atoms with Crippen molar-refractivity contribution >= 4 is 22.7 Å². The Morgan fingerprint density at radius 2 is 2.00 bits per heavy atom. The molecule has 3 heterocycles. The second-order valence-electron chi connectivity index (χ2n) is 8.37. The number of aliphatic hydroxyl groups is 4. The summed E-state index contributed by atoms with van der Waals surface area (Å²) in [6, 6.07) is 4.47. The maximum Gasteiger partial charge on any atom is 0.243 e. The normalized spacial score (nSPS) is 31.2. The molecular weight excluding hydrogens is 420 g/mol. The standard InChI is InChI=1S/C21H28N4O7/c1-9(22)20(30)25-7-13-11(10-4-2-3-5-12(10)23-13)6-14(25)19(29)24-16-18(28)17(27)15(8-26)32-21(16)31/h2-5,9,14-18,21,23,26-28,31H,6-8,22H2,1H3,(H,24,29)/t9?,14-,15+,16+,17+,18+,21+/m0/s1. The Kier molecular flexibility index (Phi) is 6.21. The zero-order valence-electron chi connectivity index (χ0n) is 17.5. The number of carbonyl (C=O) groups is 2. The minimum atomic E-state index is -1.65. The zero-order chi connectivity index (χ0) is 23.2. The molecule has 2 aliphatic rings. The zero-order valence-corrected chi connectivity index (χ0v) is 17.5. The van der Waals surface area contributed by atoms with Gasteiger partial charge in [0.25, 0.3) is 0 Å². The van der Waals surface area contributed by atoms with Crippen LogP contribution in [0.1, 0.15) is 18.2 Å². The van der Waals surface area contributed by atoms with E-state index >= 15 is 0 Å². The van der Waals surface area contributed by atoms with Gasteiger partial charge in [0.15, 0.2) is 6.29 Å². The Morgan fingerprint density at radius 3 is 2.69 bits per heavy atom. The van der Waals surface area contributed by atoms with Crippen LogP contribution in [0.25, 0.3) is 10.9 Å². The smallest absolute Gasteiger partial charge is 0.243 e. The summed E-state index contributed by atoms with van der Waals surface area (Å²) >= 11 is 0. The highest BCUT2D eigenvalue weighted by molar-refractivity contribution is 5.92. The summed E-state index contributed by atoms with van der Waals surface area (Å²) < 4.78 is 5.11. The van der Waals surface area contributed by atoms with Gasteiger partial charge in [0.05, 0.1) is 19.2 Å². The molecule has 1 fully saturated rings. The molecule has 1 saturated heterocycles. The average Bonchev–Trinajstić information content (AvgIpc) is 3.15. The van der Waals surface area contributed by atoms with Crippen molar-refractivity contribution < 1.29 is 34.8 Å². The van der Waals surface area contributed by atoms with Crippen molar-refractivity contribution in [2.75, 3.05) is 6.61 Å². The maximum absolute atomic E-state index is 13.3. The van der Waals surface area contributed by atoms with Crippen molar-refractivity contribution in [2.24, 2.45) is 5.73 Å². The van der Waals surface area contributed by atoms with Crippen LogP contribution in [0.4, 0.5) is 0 Å². The highest BCUT2D eigenvalue weighted by atomic mass is 16.6. The lowest BCUT2D eigenvalue weighted by molar-refractivity contribution is -0.254. The highest BCUT2D eigenvalue weighted by Crippen LogP contribution is 2.31. The first-order valence-corrected chi connectivity index (χ1v) is 10.5. The third-order valence-electron chi connectivity index (χ3n) is 6.19. The number of para-hydroxylation sites is 1. The van der Waals surface area contributed by atoms with E-state index in [1.807, 2.05) is 24.3 Å². The molecule has 4 rings (SSSR count). The van der Waals surface area contributed by atoms with Crippen LogP contribution in [0.2, 0.25) is 0 Å². The number of hydrogen-bond acceptors (Lipinski definition) is 8. The topological polar surface area (TPSA) is 181 Å². The van der Waals surface area contributed by atoms with Gasteiger partial charge in [0, 0.05) is 23.0 Å². The van der Waals surface area contributed by atoms with E-state index in [0.717, 1.165) is 22.2 Å². The van der Waals surface area contributed by atoms with Crippen molar-refractivity contribution in [1.29, 1.82) is 0 Å². The van der Waals surface area contributed by atoms with Gasteiger partial charge in [-0.2, -0.15) is 0 Å². The van der Waals surface area contributed by atoms with E-state index in [0.29, 0.717) is 0 Å². The minimum Gasteiger partial charge on any atom is -0.394 e. The SMILES string of the molecule is CC(N)C(=O)N1Cc2[nH]c3ccccc3c2C[C@H]1C(=O)N[C@@H]1[C@@H](O)[C@H](O)[C@@H](CO)O[C@H]1O. The first-order valence-electron chi connectivity index (χ1n) is 10.5. The number of aromatic nitrogens is 1. The van der Waals surface area contributed by atoms with Crippen LogP contribution in [-0.4, -0.2) is 91.5 Å². The number of aliphatic hydroxyl groups excluding tert-OH is 4. The molecule has 11 heteroatoms. The molecule has 0 aliphatic carbocycles. The van der Waals surface area contributed by atoms with Crippen LogP contribution in [0.15, 0.2) is 24.3 Å². The molecule has 0 bridgehead atoms. The van der Waals surface area contributed by atoms with Crippen molar-refractivity contribution in [3.63, 3.8) is 0 Å². The molecule has 8 N–H and O–H groups in total. The van der Waals surface area contributed by atoms with E-state index in [-0.39, 0.29) is 13.0 Å². The summed E-state index contributed by atoms with van der Waals surface area (Å²) in [6.07, 6.45) is -5.73. The molecule has 32 heavy (non-hydrogen) atoms. The number of aromatic amines is 1. The molecule has 11 nitrogen and oxygen atoms in total. The van der Waals surface area contributed by atoms with Crippen molar-refractivity contribution in [2.45, 2.75) is 62.6 Å². The average molecular weight is 448 g/mol. The van der Waals surface area contributed by atoms with Crippen LogP contribution >= 0.6 is 0 Å². The van der Waals surface area contributed by atoms with Gasteiger partial charge in [0.1, 0.15) is 30.4 Å². The largest absolute Gasteiger partial charge is 0.394 e. The molecule has 2 aromatic rings. The van der Waals surface area contributed by atoms with Gasteiger partial charge >= 0.3 is 0 Å². The Bertz CT molecular complexity index is 1010. The van der Waals surface area contributed by atoms with Gasteiger partial charge in [0.2, 0.25) is 11.8 Å². The molecule has 174 valence electrons. The second-order valence-corrected chi connectivity index (χ2v) is 8.37. The van der Waals surface area contributed by atoms with Gasteiger partial charge < -0.3 is 46.1 Å². The van der Waals surface area contributed by atoms with Crippen LogP contribution in [0, 0.1) is 0 Å². The van der Waals surface area contributed by atoms with Crippen LogP contribution in [-0.2, 0) is 27.3 Å². The van der Waals surface area contributed by atoms with Crippen molar-refractivity contribution in [3.8, 4) is 0 Å². The van der Waals surface area contributed by atoms with Gasteiger partial charge in [-0.05, 0) is 18.6 Å². The molecule has 7 atom stereocenters. The van der Waals surface area contributed by atoms with Gasteiger partial charge in [-0.3, -0.25) is 9.59 Å². The summed E-state index contributed by atoms with van der Waals surface area (Å²) in [5.74, 6) is -1.05. The second kappa shape index (κ2) is 8.77. The van der Waals surface area contributed by atoms with E-state index in [2.05, 4.69) is 10.3 Å². The first-order chi connectivity index (χ1) is 15.2. The summed E-state index contributed by atoms with van der Waals surface area (Å²) in [6.45, 7) is 1.06. The van der Waals surface area contributed by atoms with E-state index in [9.17, 15) is 30.0 Å². The van der Waals surface area contributed by atoms with Crippen LogP contribution in [0.3, 0.4) is 0 Å². The van der Waals surface area contributed by atoms with E-state index in [1.165, 1.54) is 11.8 Å². The number of amides is 2. The van der Waals surface area contributed by atoms with Gasteiger partial charge in [-0.25, -0.2) is 0 Å². The highest BCUT2D eigenvalue weighted by Gasteiger charge is 2.46. The number of carbonyl (C=O) groups excluding carboxylic acids is 2. The Hall–Kier alpha value is -2.54. The number of ether oxygens (including phenoxy) is 1. The van der Waals surface area contributed by atoms with Crippen LogP contribution in [0.5, 0.6) is 0 Å². The fourth-order valence-electron chi connectivity index (χ4n) is 4.45. The Labute approximate surface area is 183 Å². The van der Waals surface area contributed by atoms with Crippen molar-refractivity contribution in [1.82, 2.24) is 15.2 Å². The monoisotopic (exact) mass is 448 g/mol. The number of benzene rings is 1. The van der Waals surface area contributed by atoms with Crippen LogP contribution < -0.4 is 11.1 Å². The Morgan fingerprint density at radius 1 is 1.28 bits per heavy atom. The number of nitrogens with zero attached hydrogens (tertiary/aromatic N) is 1. The minimum absolute atomic E-state index is 0.143. The van der Waals surface area contributed by atoms with E-state index in [4.69, 9.17) is 10.5 Å². The maximum atomic E-state index is 13.3. The Balaban J connectivity index is 1.62. The quantitative estimate of drug-likeness (QED) is 0.272. The number of nitrogens with two attached hydrogens (primary N) is 1. The molecule has 2 amide bonds. The first kappa shape index (κ1) is 22.6. The molecule has 1 aromatic carbocycles. The van der Waals surface area contributed by atoms with E-state index < -0.39 is 61.1 Å². The van der Waals surface area contributed by atoms with E-state index in [1.54, 1.807) is 0 Å². The predicted octanol–water partition coefficient (Wildman–Crippen LogP) is -2.32. The summed E-state index contributed by atoms with van der Waals surface area (Å²) in [7, 11) is 0. The predicted molar refractivity (Wildman–Crippen MR) is 112 cm³/mol. The summed E-state index contributed by atoms with van der Waals surface area (Å²) in [5, 5.41) is 43.3. The summed E-state index contributed by atoms with van der Waals surface area (Å²) in [5.41, 5.74) is 8.41. The number of nitrogens with one attached hydrogen (secondary N) is 2. The molecule has 0 radical (unpaired) electrons. The molecular formula is C21H28N4O7. The van der Waals surface area contributed by atoms with Gasteiger partial charge in [-0.1, -0.05) is 18.2 Å². The lowest BCUT2D eigenvalue weighted by Gasteiger charge is -2.42. The summed E-state index contributed by atoms with van der Waals surface area (Å²) in [4.78, 5) is 30.7. The molecule has 2 aliphatic heterocycles. The molecule has 0 spiro atoms. The lowest BCUT2D eigenvalue weighted by atomic mass is 9.93. The number of fused-ring (bicyclic) bond motifs is 3. The number of H-pyrrole nitrogens is 1.